The molecule has 1 aliphatic heterocycles. The number of hydrogen-bond donors (Lipinski definition) is 1. The van der Waals surface area contributed by atoms with E-state index in [0.29, 0.717) is 5.92 Å². The fraction of sp³-hybridized carbons (Fsp3) is 0.857. The van der Waals surface area contributed by atoms with Crippen LogP contribution in [0, 0.1) is 5.92 Å². The van der Waals surface area contributed by atoms with E-state index in [1.54, 1.807) is 0 Å². The van der Waals surface area contributed by atoms with E-state index in [-0.39, 0.29) is 0 Å². The SMILES string of the molecule is CCC1CCC(c2noc(CN3CCNCC3)n2)C1. The second-order valence-electron chi connectivity index (χ2n) is 5.86. The minimum absolute atomic E-state index is 0.533. The molecular formula is C14H24N4O. The topological polar surface area (TPSA) is 54.2 Å². The molecule has 106 valence electrons. The zero-order chi connectivity index (χ0) is 13.1. The summed E-state index contributed by atoms with van der Waals surface area (Å²) in [6.45, 7) is 7.33. The Balaban J connectivity index is 1.57. The van der Waals surface area contributed by atoms with Crippen LogP contribution in [0.3, 0.4) is 0 Å². The zero-order valence-corrected chi connectivity index (χ0v) is 11.8. The number of nitrogens with zero attached hydrogens (tertiary/aromatic N) is 3. The lowest BCUT2D eigenvalue weighted by Crippen LogP contribution is -2.42. The minimum atomic E-state index is 0.533. The molecule has 0 spiro atoms. The van der Waals surface area contributed by atoms with Crippen LogP contribution in [0.1, 0.15) is 50.2 Å². The number of piperazine rings is 1. The highest BCUT2D eigenvalue weighted by molar-refractivity contribution is 4.99. The highest BCUT2D eigenvalue weighted by Crippen LogP contribution is 2.38. The summed E-state index contributed by atoms with van der Waals surface area (Å²) < 4.78 is 5.43. The van der Waals surface area contributed by atoms with E-state index in [1.165, 1.54) is 25.7 Å². The summed E-state index contributed by atoms with van der Waals surface area (Å²) in [7, 11) is 0. The molecule has 5 heteroatoms. The average molecular weight is 264 g/mol. The third-order valence-electron chi connectivity index (χ3n) is 4.54. The molecule has 1 aromatic rings. The van der Waals surface area contributed by atoms with E-state index in [2.05, 4.69) is 27.3 Å². The van der Waals surface area contributed by atoms with Gasteiger partial charge in [0.2, 0.25) is 5.89 Å². The molecule has 0 radical (unpaired) electrons. The van der Waals surface area contributed by atoms with Crippen molar-refractivity contribution in [3.05, 3.63) is 11.7 Å². The van der Waals surface area contributed by atoms with Crippen molar-refractivity contribution in [1.29, 1.82) is 0 Å². The van der Waals surface area contributed by atoms with Gasteiger partial charge in [0.15, 0.2) is 5.82 Å². The van der Waals surface area contributed by atoms with Gasteiger partial charge in [-0.1, -0.05) is 18.5 Å². The quantitative estimate of drug-likeness (QED) is 0.898. The molecule has 1 aromatic heterocycles. The van der Waals surface area contributed by atoms with Crippen LogP contribution in [0.5, 0.6) is 0 Å². The van der Waals surface area contributed by atoms with Crippen LogP contribution >= 0.6 is 0 Å². The molecule has 1 saturated heterocycles. The maximum atomic E-state index is 5.43. The third kappa shape index (κ3) is 3.15. The first-order valence-electron chi connectivity index (χ1n) is 7.60. The Labute approximate surface area is 114 Å². The summed E-state index contributed by atoms with van der Waals surface area (Å²) in [5, 5.41) is 7.56. The molecule has 1 aliphatic carbocycles. The lowest BCUT2D eigenvalue weighted by Gasteiger charge is -2.25. The van der Waals surface area contributed by atoms with Crippen molar-refractivity contribution in [2.24, 2.45) is 5.92 Å². The highest BCUT2D eigenvalue weighted by atomic mass is 16.5. The van der Waals surface area contributed by atoms with Gasteiger partial charge in [-0.05, 0) is 25.2 Å². The van der Waals surface area contributed by atoms with Crippen LogP contribution in [-0.2, 0) is 6.54 Å². The lowest BCUT2D eigenvalue weighted by molar-refractivity contribution is 0.203. The standard InChI is InChI=1S/C14H24N4O/c1-2-11-3-4-12(9-11)14-16-13(19-17-14)10-18-7-5-15-6-8-18/h11-12,15H,2-10H2,1H3. The Bertz CT molecular complexity index is 400. The Hall–Kier alpha value is -0.940. The molecule has 1 N–H and O–H groups in total. The summed E-state index contributed by atoms with van der Waals surface area (Å²) in [6, 6.07) is 0. The second kappa shape index (κ2) is 6.01. The number of rotatable bonds is 4. The lowest BCUT2D eigenvalue weighted by atomic mass is 10.0. The van der Waals surface area contributed by atoms with E-state index in [4.69, 9.17) is 4.52 Å². The normalized spacial score (nSPS) is 28.9. The molecule has 0 amide bonds. The predicted octanol–water partition coefficient (Wildman–Crippen LogP) is 1.77. The van der Waals surface area contributed by atoms with Gasteiger partial charge in [-0.15, -0.1) is 0 Å². The summed E-state index contributed by atoms with van der Waals surface area (Å²) in [6.07, 6.45) is 5.07. The van der Waals surface area contributed by atoms with E-state index < -0.39 is 0 Å². The van der Waals surface area contributed by atoms with Crippen LogP contribution in [-0.4, -0.2) is 41.2 Å². The Morgan fingerprint density at radius 3 is 2.89 bits per heavy atom. The molecular weight excluding hydrogens is 240 g/mol. The van der Waals surface area contributed by atoms with E-state index >= 15 is 0 Å². The molecule has 2 fully saturated rings. The first-order valence-corrected chi connectivity index (χ1v) is 7.60. The average Bonchev–Trinajstić information content (AvgIpc) is 3.08. The second-order valence-corrected chi connectivity index (χ2v) is 5.86. The Kier molecular flexibility index (Phi) is 4.13. The Morgan fingerprint density at radius 1 is 1.32 bits per heavy atom. The highest BCUT2D eigenvalue weighted by Gasteiger charge is 2.28. The van der Waals surface area contributed by atoms with Gasteiger partial charge in [0, 0.05) is 32.1 Å². The molecule has 0 bridgehead atoms. The molecule has 2 aliphatic rings. The van der Waals surface area contributed by atoms with Gasteiger partial charge in [-0.25, -0.2) is 0 Å². The van der Waals surface area contributed by atoms with Crippen molar-refractivity contribution < 1.29 is 4.52 Å². The van der Waals surface area contributed by atoms with Crippen LogP contribution in [0.15, 0.2) is 4.52 Å². The largest absolute Gasteiger partial charge is 0.338 e. The maximum absolute atomic E-state index is 5.43. The van der Waals surface area contributed by atoms with Gasteiger partial charge < -0.3 is 9.84 Å². The van der Waals surface area contributed by atoms with Gasteiger partial charge in [-0.3, -0.25) is 4.90 Å². The fourth-order valence-corrected chi connectivity index (χ4v) is 3.24. The summed E-state index contributed by atoms with van der Waals surface area (Å²) in [5.41, 5.74) is 0. The summed E-state index contributed by atoms with van der Waals surface area (Å²) >= 11 is 0. The molecule has 2 unspecified atom stereocenters. The van der Waals surface area contributed by atoms with E-state index in [0.717, 1.165) is 50.4 Å². The molecule has 19 heavy (non-hydrogen) atoms. The number of aromatic nitrogens is 2. The van der Waals surface area contributed by atoms with Crippen molar-refractivity contribution in [2.45, 2.75) is 45.1 Å². The minimum Gasteiger partial charge on any atom is -0.338 e. The van der Waals surface area contributed by atoms with Crippen molar-refractivity contribution >= 4 is 0 Å². The van der Waals surface area contributed by atoms with Crippen molar-refractivity contribution in [1.82, 2.24) is 20.4 Å². The Morgan fingerprint density at radius 2 is 2.16 bits per heavy atom. The number of hydrogen-bond acceptors (Lipinski definition) is 5. The van der Waals surface area contributed by atoms with Crippen LogP contribution in [0.25, 0.3) is 0 Å². The zero-order valence-electron chi connectivity index (χ0n) is 11.8. The van der Waals surface area contributed by atoms with Crippen molar-refractivity contribution in [2.75, 3.05) is 26.2 Å². The van der Waals surface area contributed by atoms with E-state index in [9.17, 15) is 0 Å². The van der Waals surface area contributed by atoms with Gasteiger partial charge in [-0.2, -0.15) is 4.98 Å². The van der Waals surface area contributed by atoms with Gasteiger partial charge in [0.1, 0.15) is 0 Å². The van der Waals surface area contributed by atoms with E-state index in [1.807, 2.05) is 0 Å². The molecule has 1 saturated carbocycles. The van der Waals surface area contributed by atoms with Gasteiger partial charge >= 0.3 is 0 Å². The van der Waals surface area contributed by atoms with Crippen molar-refractivity contribution in [3.63, 3.8) is 0 Å². The van der Waals surface area contributed by atoms with Gasteiger partial charge in [0.25, 0.3) is 0 Å². The summed E-state index contributed by atoms with van der Waals surface area (Å²) in [4.78, 5) is 6.99. The molecule has 0 aromatic carbocycles. The predicted molar refractivity (Wildman–Crippen MR) is 72.8 cm³/mol. The van der Waals surface area contributed by atoms with Crippen LogP contribution < -0.4 is 5.32 Å². The molecule has 2 heterocycles. The first-order chi connectivity index (χ1) is 9.35. The molecule has 5 nitrogen and oxygen atoms in total. The summed E-state index contributed by atoms with van der Waals surface area (Å²) in [5.74, 6) is 3.13. The molecule has 2 atom stereocenters. The maximum Gasteiger partial charge on any atom is 0.240 e. The monoisotopic (exact) mass is 264 g/mol. The fourth-order valence-electron chi connectivity index (χ4n) is 3.24. The van der Waals surface area contributed by atoms with Crippen molar-refractivity contribution in [3.8, 4) is 0 Å². The van der Waals surface area contributed by atoms with Gasteiger partial charge in [0.05, 0.1) is 6.54 Å². The molecule has 3 rings (SSSR count). The van der Waals surface area contributed by atoms with Crippen LogP contribution in [0.2, 0.25) is 0 Å². The first kappa shape index (κ1) is 13.1. The third-order valence-corrected chi connectivity index (χ3v) is 4.54. The number of nitrogens with one attached hydrogen (secondary N) is 1. The van der Waals surface area contributed by atoms with Crippen LogP contribution in [0.4, 0.5) is 0 Å². The smallest absolute Gasteiger partial charge is 0.240 e.